The lowest BCUT2D eigenvalue weighted by Crippen LogP contribution is -2.28. The molecule has 17 heavy (non-hydrogen) atoms. The lowest BCUT2D eigenvalue weighted by molar-refractivity contribution is 0.0692. The summed E-state index contributed by atoms with van der Waals surface area (Å²) >= 11 is 0. The Morgan fingerprint density at radius 1 is 1.41 bits per heavy atom. The number of nitrogens with two attached hydrogens (primary N) is 1. The molecule has 1 rings (SSSR count). The predicted molar refractivity (Wildman–Crippen MR) is 63.7 cm³/mol. The third-order valence-corrected chi connectivity index (χ3v) is 1.97. The van der Waals surface area contributed by atoms with Gasteiger partial charge >= 0.3 is 0 Å². The number of ether oxygens (including phenoxy) is 2. The molecule has 0 aliphatic heterocycles. The number of anilines is 1. The van der Waals surface area contributed by atoms with Gasteiger partial charge in [0.2, 0.25) is 0 Å². The van der Waals surface area contributed by atoms with E-state index in [-0.39, 0.29) is 5.91 Å². The van der Waals surface area contributed by atoms with Gasteiger partial charge in [0.1, 0.15) is 11.5 Å². The van der Waals surface area contributed by atoms with Crippen LogP contribution in [-0.4, -0.2) is 44.4 Å². The van der Waals surface area contributed by atoms with Crippen molar-refractivity contribution in [2.24, 2.45) is 0 Å². The number of nitrogens with zero attached hydrogens (tertiary/aromatic N) is 1. The summed E-state index contributed by atoms with van der Waals surface area (Å²) in [5.41, 5.74) is 5.78. The minimum absolute atomic E-state index is 0.257. The third-order valence-electron chi connectivity index (χ3n) is 1.97. The largest absolute Gasteiger partial charge is 0.384 e. The Kier molecular flexibility index (Phi) is 5.98. The highest BCUT2D eigenvalue weighted by atomic mass is 16.5. The van der Waals surface area contributed by atoms with Gasteiger partial charge in [0.15, 0.2) is 0 Å². The smallest absolute Gasteiger partial charge is 0.270 e. The molecule has 0 radical (unpaired) electrons. The van der Waals surface area contributed by atoms with Crippen molar-refractivity contribution in [2.45, 2.75) is 0 Å². The van der Waals surface area contributed by atoms with Gasteiger partial charge in [-0.3, -0.25) is 4.79 Å². The van der Waals surface area contributed by atoms with Crippen molar-refractivity contribution in [3.05, 3.63) is 23.9 Å². The molecule has 3 N–H and O–H groups in total. The highest BCUT2D eigenvalue weighted by molar-refractivity contribution is 5.92. The molecule has 6 heteroatoms. The van der Waals surface area contributed by atoms with Gasteiger partial charge in [-0.1, -0.05) is 6.07 Å². The van der Waals surface area contributed by atoms with Crippen LogP contribution in [0.25, 0.3) is 0 Å². The Balaban J connectivity index is 2.21. The summed E-state index contributed by atoms with van der Waals surface area (Å²) in [6.07, 6.45) is 0. The molecule has 0 atom stereocenters. The van der Waals surface area contributed by atoms with Crippen LogP contribution in [0.1, 0.15) is 10.5 Å². The van der Waals surface area contributed by atoms with Crippen molar-refractivity contribution in [2.75, 3.05) is 39.2 Å². The summed E-state index contributed by atoms with van der Waals surface area (Å²) in [4.78, 5) is 15.5. The number of nitrogens with one attached hydrogen (secondary N) is 1. The van der Waals surface area contributed by atoms with E-state index in [9.17, 15) is 4.79 Å². The molecular formula is C11H17N3O3. The molecule has 0 bridgehead atoms. The lowest BCUT2D eigenvalue weighted by Gasteiger charge is -2.06. The zero-order valence-corrected chi connectivity index (χ0v) is 9.81. The number of hydrogen-bond donors (Lipinski definition) is 2. The second-order valence-corrected chi connectivity index (χ2v) is 3.31. The van der Waals surface area contributed by atoms with Crippen molar-refractivity contribution in [3.8, 4) is 0 Å². The predicted octanol–water partition coefficient (Wildman–Crippen LogP) is 0.0566. The first kappa shape index (κ1) is 13.4. The van der Waals surface area contributed by atoms with Gasteiger partial charge in [-0.15, -0.1) is 0 Å². The summed E-state index contributed by atoms with van der Waals surface area (Å²) in [5.74, 6) is 0.0710. The number of rotatable bonds is 7. The van der Waals surface area contributed by atoms with Gasteiger partial charge in [0.05, 0.1) is 19.8 Å². The fourth-order valence-corrected chi connectivity index (χ4v) is 1.15. The van der Waals surface area contributed by atoms with E-state index in [4.69, 9.17) is 15.2 Å². The first-order valence-corrected chi connectivity index (χ1v) is 5.31. The quantitative estimate of drug-likeness (QED) is 0.657. The summed E-state index contributed by atoms with van der Waals surface area (Å²) in [5, 5.41) is 2.68. The maximum Gasteiger partial charge on any atom is 0.270 e. The molecule has 0 aliphatic rings. The first-order valence-electron chi connectivity index (χ1n) is 5.31. The molecule has 1 amide bonds. The molecule has 1 aromatic rings. The molecule has 0 saturated carbocycles. The molecular weight excluding hydrogens is 222 g/mol. The number of amides is 1. The highest BCUT2D eigenvalue weighted by Gasteiger charge is 2.05. The summed E-state index contributed by atoms with van der Waals surface area (Å²) in [7, 11) is 1.61. The molecule has 0 spiro atoms. The van der Waals surface area contributed by atoms with E-state index in [1.165, 1.54) is 0 Å². The Hall–Kier alpha value is -1.66. The van der Waals surface area contributed by atoms with E-state index >= 15 is 0 Å². The number of pyridine rings is 1. The van der Waals surface area contributed by atoms with Crippen LogP contribution in [0.15, 0.2) is 18.2 Å². The van der Waals surface area contributed by atoms with Crippen LogP contribution < -0.4 is 11.1 Å². The van der Waals surface area contributed by atoms with E-state index in [0.717, 1.165) is 0 Å². The van der Waals surface area contributed by atoms with E-state index in [0.29, 0.717) is 37.9 Å². The van der Waals surface area contributed by atoms with E-state index in [2.05, 4.69) is 10.3 Å². The number of carbonyl (C=O) groups is 1. The van der Waals surface area contributed by atoms with Crippen molar-refractivity contribution in [3.63, 3.8) is 0 Å². The SMILES string of the molecule is COCCOCCNC(=O)c1cccc(N)n1. The molecule has 0 fully saturated rings. The van der Waals surface area contributed by atoms with Crippen LogP contribution in [0.3, 0.4) is 0 Å². The van der Waals surface area contributed by atoms with Crippen LogP contribution in [-0.2, 0) is 9.47 Å². The zero-order valence-electron chi connectivity index (χ0n) is 9.81. The second kappa shape index (κ2) is 7.59. The summed E-state index contributed by atoms with van der Waals surface area (Å²) in [6.45, 7) is 1.93. The molecule has 1 heterocycles. The van der Waals surface area contributed by atoms with Crippen LogP contribution in [0.5, 0.6) is 0 Å². The fraction of sp³-hybridized carbons (Fsp3) is 0.455. The van der Waals surface area contributed by atoms with Gasteiger partial charge in [-0.2, -0.15) is 0 Å². The Bertz CT molecular complexity index is 358. The average molecular weight is 239 g/mol. The summed E-state index contributed by atoms with van der Waals surface area (Å²) in [6, 6.07) is 4.93. The second-order valence-electron chi connectivity index (χ2n) is 3.31. The molecule has 0 aliphatic carbocycles. The zero-order chi connectivity index (χ0) is 12.5. The molecule has 6 nitrogen and oxygen atoms in total. The van der Waals surface area contributed by atoms with Gasteiger partial charge < -0.3 is 20.5 Å². The number of nitrogen functional groups attached to an aromatic ring is 1. The first-order chi connectivity index (χ1) is 8.24. The highest BCUT2D eigenvalue weighted by Crippen LogP contribution is 1.99. The van der Waals surface area contributed by atoms with Gasteiger partial charge in [-0.05, 0) is 12.1 Å². The summed E-state index contributed by atoms with van der Waals surface area (Å²) < 4.78 is 10.0. The average Bonchev–Trinajstić information content (AvgIpc) is 2.33. The Morgan fingerprint density at radius 2 is 2.24 bits per heavy atom. The minimum atomic E-state index is -0.257. The molecule has 0 unspecified atom stereocenters. The standard InChI is InChI=1S/C11H17N3O3/c1-16-7-8-17-6-5-13-11(15)9-3-2-4-10(12)14-9/h2-4H,5-8H2,1H3,(H2,12,14)(H,13,15). The Labute approximate surface area is 100 Å². The molecule has 0 aromatic carbocycles. The normalized spacial score (nSPS) is 10.2. The molecule has 94 valence electrons. The number of aromatic nitrogens is 1. The van der Waals surface area contributed by atoms with Crippen LogP contribution in [0.4, 0.5) is 5.82 Å². The minimum Gasteiger partial charge on any atom is -0.384 e. The van der Waals surface area contributed by atoms with Gasteiger partial charge in [-0.25, -0.2) is 4.98 Å². The third kappa shape index (κ3) is 5.28. The van der Waals surface area contributed by atoms with Gasteiger partial charge in [0, 0.05) is 13.7 Å². The van der Waals surface area contributed by atoms with Crippen LogP contribution in [0.2, 0.25) is 0 Å². The fourth-order valence-electron chi connectivity index (χ4n) is 1.15. The molecule has 1 aromatic heterocycles. The van der Waals surface area contributed by atoms with Gasteiger partial charge in [0.25, 0.3) is 5.91 Å². The number of hydrogen-bond acceptors (Lipinski definition) is 5. The Morgan fingerprint density at radius 3 is 2.94 bits per heavy atom. The maximum atomic E-state index is 11.6. The van der Waals surface area contributed by atoms with Crippen molar-refractivity contribution < 1.29 is 14.3 Å². The lowest BCUT2D eigenvalue weighted by atomic mass is 10.3. The van der Waals surface area contributed by atoms with E-state index in [1.54, 1.807) is 25.3 Å². The van der Waals surface area contributed by atoms with Crippen LogP contribution >= 0.6 is 0 Å². The number of carbonyl (C=O) groups excluding carboxylic acids is 1. The van der Waals surface area contributed by atoms with Crippen molar-refractivity contribution in [1.29, 1.82) is 0 Å². The molecule has 0 saturated heterocycles. The van der Waals surface area contributed by atoms with Crippen molar-refractivity contribution >= 4 is 11.7 Å². The topological polar surface area (TPSA) is 86.5 Å². The van der Waals surface area contributed by atoms with Crippen molar-refractivity contribution in [1.82, 2.24) is 10.3 Å². The number of methoxy groups -OCH3 is 1. The van der Waals surface area contributed by atoms with Crippen LogP contribution in [0, 0.1) is 0 Å². The maximum absolute atomic E-state index is 11.6. The van der Waals surface area contributed by atoms with E-state index < -0.39 is 0 Å². The van der Waals surface area contributed by atoms with E-state index in [1.807, 2.05) is 0 Å². The monoisotopic (exact) mass is 239 g/mol.